The Balaban J connectivity index is 1.70. The van der Waals surface area contributed by atoms with E-state index in [1.807, 2.05) is 54.6 Å². The van der Waals surface area contributed by atoms with Crippen LogP contribution in [0.2, 0.25) is 0 Å². The van der Waals surface area contributed by atoms with Gasteiger partial charge in [0.25, 0.3) is 0 Å². The second-order valence-electron chi connectivity index (χ2n) is 4.54. The number of hydrogen-bond acceptors (Lipinski definition) is 3. The Hall–Kier alpha value is -2.49. The fourth-order valence-electron chi connectivity index (χ4n) is 2.11. The van der Waals surface area contributed by atoms with Gasteiger partial charge in [0.2, 0.25) is 0 Å². The van der Waals surface area contributed by atoms with Gasteiger partial charge in [0.15, 0.2) is 0 Å². The summed E-state index contributed by atoms with van der Waals surface area (Å²) in [4.78, 5) is 13.1. The molecule has 2 aromatic rings. The first-order valence-electron chi connectivity index (χ1n) is 6.54. The molecule has 3 rings (SSSR count). The van der Waals surface area contributed by atoms with Crippen LogP contribution in [0.3, 0.4) is 0 Å². The van der Waals surface area contributed by atoms with E-state index in [1.54, 1.807) is 4.90 Å². The lowest BCUT2D eigenvalue weighted by Gasteiger charge is -2.14. The minimum atomic E-state index is -0.301. The number of anilines is 1. The fourth-order valence-corrected chi connectivity index (χ4v) is 2.11. The second-order valence-corrected chi connectivity index (χ2v) is 4.54. The molecule has 0 N–H and O–H groups in total. The third-order valence-corrected chi connectivity index (χ3v) is 3.14. The number of hydrogen-bond donors (Lipinski definition) is 0. The van der Waals surface area contributed by atoms with Crippen LogP contribution in [0.15, 0.2) is 54.6 Å². The van der Waals surface area contributed by atoms with Gasteiger partial charge in [0.1, 0.15) is 19.0 Å². The van der Waals surface area contributed by atoms with Crippen LogP contribution in [0.1, 0.15) is 5.56 Å². The molecule has 1 fully saturated rings. The van der Waals surface area contributed by atoms with Crippen LogP contribution in [0, 0.1) is 0 Å². The zero-order chi connectivity index (χ0) is 13.8. The molecular formula is C16H15NO3. The molecule has 0 atom stereocenters. The number of cyclic esters (lactones) is 1. The third kappa shape index (κ3) is 2.74. The molecule has 1 saturated heterocycles. The number of carbonyl (C=O) groups is 1. The van der Waals surface area contributed by atoms with Crippen molar-refractivity contribution in [3.63, 3.8) is 0 Å². The van der Waals surface area contributed by atoms with E-state index in [-0.39, 0.29) is 6.09 Å². The lowest BCUT2D eigenvalue weighted by atomic mass is 10.2. The Bertz CT molecular complexity index is 598. The average molecular weight is 269 g/mol. The monoisotopic (exact) mass is 269 g/mol. The first-order valence-corrected chi connectivity index (χ1v) is 6.54. The molecule has 1 amide bonds. The summed E-state index contributed by atoms with van der Waals surface area (Å²) in [5, 5.41) is 0. The number of ether oxygens (including phenoxy) is 2. The van der Waals surface area contributed by atoms with E-state index in [0.29, 0.717) is 19.8 Å². The van der Waals surface area contributed by atoms with Crippen molar-refractivity contribution in [2.45, 2.75) is 6.61 Å². The van der Waals surface area contributed by atoms with Crippen molar-refractivity contribution >= 4 is 11.8 Å². The molecule has 0 bridgehead atoms. The van der Waals surface area contributed by atoms with Crippen LogP contribution in [0.25, 0.3) is 0 Å². The van der Waals surface area contributed by atoms with E-state index in [0.717, 1.165) is 17.0 Å². The van der Waals surface area contributed by atoms with Crippen LogP contribution >= 0.6 is 0 Å². The van der Waals surface area contributed by atoms with Crippen molar-refractivity contribution in [1.29, 1.82) is 0 Å². The summed E-state index contributed by atoms with van der Waals surface area (Å²) < 4.78 is 10.7. The molecule has 0 saturated carbocycles. The molecular weight excluding hydrogens is 254 g/mol. The zero-order valence-electron chi connectivity index (χ0n) is 11.0. The van der Waals surface area contributed by atoms with E-state index in [4.69, 9.17) is 9.47 Å². The maximum absolute atomic E-state index is 11.5. The van der Waals surface area contributed by atoms with Gasteiger partial charge in [0, 0.05) is 6.07 Å². The fraction of sp³-hybridized carbons (Fsp3) is 0.188. The van der Waals surface area contributed by atoms with Crippen LogP contribution in [0.5, 0.6) is 5.75 Å². The Morgan fingerprint density at radius 3 is 2.70 bits per heavy atom. The topological polar surface area (TPSA) is 38.8 Å². The quantitative estimate of drug-likeness (QED) is 0.855. The third-order valence-electron chi connectivity index (χ3n) is 3.14. The summed E-state index contributed by atoms with van der Waals surface area (Å²) in [6.07, 6.45) is -0.301. The van der Waals surface area contributed by atoms with Gasteiger partial charge in [-0.3, -0.25) is 4.90 Å². The molecule has 102 valence electrons. The maximum Gasteiger partial charge on any atom is 0.414 e. The SMILES string of the molecule is O=C1OCCN1c1cccc(OCc2ccccc2)c1. The van der Waals surface area contributed by atoms with Gasteiger partial charge in [-0.15, -0.1) is 0 Å². The summed E-state index contributed by atoms with van der Waals surface area (Å²) in [6.45, 7) is 1.53. The van der Waals surface area contributed by atoms with Crippen molar-refractivity contribution < 1.29 is 14.3 Å². The summed E-state index contributed by atoms with van der Waals surface area (Å²) >= 11 is 0. The summed E-state index contributed by atoms with van der Waals surface area (Å²) in [6, 6.07) is 17.5. The molecule has 4 nitrogen and oxygen atoms in total. The first kappa shape index (κ1) is 12.5. The van der Waals surface area contributed by atoms with E-state index in [1.165, 1.54) is 0 Å². The van der Waals surface area contributed by atoms with Gasteiger partial charge >= 0.3 is 6.09 Å². The molecule has 1 heterocycles. The molecule has 0 spiro atoms. The molecule has 0 unspecified atom stereocenters. The predicted octanol–water partition coefficient (Wildman–Crippen LogP) is 3.22. The zero-order valence-corrected chi connectivity index (χ0v) is 11.0. The summed E-state index contributed by atoms with van der Waals surface area (Å²) in [5.74, 6) is 0.742. The van der Waals surface area contributed by atoms with E-state index >= 15 is 0 Å². The molecule has 4 heteroatoms. The van der Waals surface area contributed by atoms with E-state index in [9.17, 15) is 4.79 Å². The molecule has 0 aliphatic carbocycles. The van der Waals surface area contributed by atoms with E-state index in [2.05, 4.69) is 0 Å². The minimum absolute atomic E-state index is 0.301. The van der Waals surface area contributed by atoms with Crippen LogP contribution < -0.4 is 9.64 Å². The first-order chi connectivity index (χ1) is 9.83. The van der Waals surface area contributed by atoms with Crippen molar-refractivity contribution in [1.82, 2.24) is 0 Å². The molecule has 2 aromatic carbocycles. The van der Waals surface area contributed by atoms with Crippen LogP contribution in [0.4, 0.5) is 10.5 Å². The van der Waals surface area contributed by atoms with Gasteiger partial charge < -0.3 is 9.47 Å². The highest BCUT2D eigenvalue weighted by Gasteiger charge is 2.23. The largest absolute Gasteiger partial charge is 0.489 e. The van der Waals surface area contributed by atoms with Crippen molar-refractivity contribution in [3.8, 4) is 5.75 Å². The Morgan fingerprint density at radius 2 is 1.95 bits per heavy atom. The molecule has 1 aliphatic rings. The standard InChI is InChI=1S/C16H15NO3/c18-16-17(9-10-19-16)14-7-4-8-15(11-14)20-12-13-5-2-1-3-6-13/h1-8,11H,9-10,12H2. The number of rotatable bonds is 4. The highest BCUT2D eigenvalue weighted by atomic mass is 16.6. The molecule has 0 radical (unpaired) electrons. The van der Waals surface area contributed by atoms with Gasteiger partial charge in [0.05, 0.1) is 12.2 Å². The lowest BCUT2D eigenvalue weighted by Crippen LogP contribution is -2.23. The van der Waals surface area contributed by atoms with Crippen LogP contribution in [-0.2, 0) is 11.3 Å². The predicted molar refractivity (Wildman–Crippen MR) is 75.9 cm³/mol. The van der Waals surface area contributed by atoms with Gasteiger partial charge in [-0.2, -0.15) is 0 Å². The van der Waals surface area contributed by atoms with Gasteiger partial charge in [-0.05, 0) is 17.7 Å². The van der Waals surface area contributed by atoms with Crippen molar-refractivity contribution in [2.75, 3.05) is 18.1 Å². The van der Waals surface area contributed by atoms with Crippen molar-refractivity contribution in [3.05, 3.63) is 60.2 Å². The second kappa shape index (κ2) is 5.65. The minimum Gasteiger partial charge on any atom is -0.489 e. The maximum atomic E-state index is 11.5. The number of benzene rings is 2. The highest BCUT2D eigenvalue weighted by Crippen LogP contribution is 2.24. The number of amides is 1. The normalized spacial score (nSPS) is 14.2. The summed E-state index contributed by atoms with van der Waals surface area (Å²) in [7, 11) is 0. The number of nitrogens with zero attached hydrogens (tertiary/aromatic N) is 1. The molecule has 20 heavy (non-hydrogen) atoms. The Morgan fingerprint density at radius 1 is 1.10 bits per heavy atom. The molecule has 0 aromatic heterocycles. The van der Waals surface area contributed by atoms with Gasteiger partial charge in [-0.25, -0.2) is 4.79 Å². The van der Waals surface area contributed by atoms with E-state index < -0.39 is 0 Å². The lowest BCUT2D eigenvalue weighted by molar-refractivity contribution is 0.181. The molecule has 1 aliphatic heterocycles. The Labute approximate surface area is 117 Å². The van der Waals surface area contributed by atoms with Gasteiger partial charge in [-0.1, -0.05) is 36.4 Å². The highest BCUT2D eigenvalue weighted by molar-refractivity contribution is 5.89. The number of carbonyl (C=O) groups excluding carboxylic acids is 1. The summed E-state index contributed by atoms with van der Waals surface area (Å²) in [5.41, 5.74) is 1.91. The smallest absolute Gasteiger partial charge is 0.414 e. The van der Waals surface area contributed by atoms with Crippen molar-refractivity contribution in [2.24, 2.45) is 0 Å². The average Bonchev–Trinajstić information content (AvgIpc) is 2.93. The Kier molecular flexibility index (Phi) is 3.54. The van der Waals surface area contributed by atoms with Crippen LogP contribution in [-0.4, -0.2) is 19.2 Å².